The quantitative estimate of drug-likeness (QED) is 0.610. The number of methoxy groups -OCH3 is 3. The first-order valence-corrected chi connectivity index (χ1v) is 9.24. The fourth-order valence-corrected chi connectivity index (χ4v) is 3.79. The predicted octanol–water partition coefficient (Wildman–Crippen LogP) is 4.03. The maximum Gasteiger partial charge on any atom is 0.351 e. The Kier molecular flexibility index (Phi) is 6.00. The summed E-state index contributed by atoms with van der Waals surface area (Å²) in [6.45, 7) is 0.361. The van der Waals surface area contributed by atoms with E-state index in [0.717, 1.165) is 21.4 Å². The molecule has 0 saturated heterocycles. The number of nitrogens with one attached hydrogen (secondary N) is 2. The van der Waals surface area contributed by atoms with E-state index in [1.54, 1.807) is 19.2 Å². The third-order valence-corrected chi connectivity index (χ3v) is 5.19. The molecule has 146 valence electrons. The number of hydrogen-bond acceptors (Lipinski definition) is 6. The van der Waals surface area contributed by atoms with Gasteiger partial charge < -0.3 is 24.8 Å². The first-order chi connectivity index (χ1) is 13.5. The number of carbonyl (C=O) groups is 2. The van der Waals surface area contributed by atoms with Gasteiger partial charge in [0.1, 0.15) is 5.75 Å². The number of ether oxygens (including phenoxy) is 3. The van der Waals surface area contributed by atoms with Crippen molar-refractivity contribution < 1.29 is 23.8 Å². The first kappa shape index (κ1) is 19.5. The molecule has 2 N–H and O–H groups in total. The Hall–Kier alpha value is -3.26. The lowest BCUT2D eigenvalue weighted by atomic mass is 10.2. The van der Waals surface area contributed by atoms with Gasteiger partial charge in [0, 0.05) is 22.3 Å². The van der Waals surface area contributed by atoms with Crippen molar-refractivity contribution in [2.75, 3.05) is 26.6 Å². The summed E-state index contributed by atoms with van der Waals surface area (Å²) in [5, 5.41) is 6.32. The highest BCUT2D eigenvalue weighted by Gasteiger charge is 2.20. The summed E-state index contributed by atoms with van der Waals surface area (Å²) >= 11 is 1.28. The molecule has 1 heterocycles. The van der Waals surface area contributed by atoms with Crippen molar-refractivity contribution in [1.29, 1.82) is 0 Å². The second kappa shape index (κ2) is 8.62. The number of esters is 1. The number of thiophene rings is 1. The summed E-state index contributed by atoms with van der Waals surface area (Å²) in [7, 11) is 4.42. The van der Waals surface area contributed by atoms with Crippen LogP contribution >= 0.6 is 11.3 Å². The normalized spacial score (nSPS) is 10.4. The standard InChI is InChI=1S/C20H20N2O5S/c1-25-14-6-4-5-12(9-14)11-21-20(24)22-13-7-8-16-15(10-13)17(26-2)18(28-16)19(23)27-3/h4-10H,11H2,1-3H3,(H2,21,22,24). The molecule has 0 spiro atoms. The van der Waals surface area contributed by atoms with Gasteiger partial charge in [-0.05, 0) is 35.9 Å². The second-order valence-electron chi connectivity index (χ2n) is 5.83. The van der Waals surface area contributed by atoms with Gasteiger partial charge in [-0.3, -0.25) is 0 Å². The molecule has 2 amide bonds. The summed E-state index contributed by atoms with van der Waals surface area (Å²) in [5.41, 5.74) is 1.51. The highest BCUT2D eigenvalue weighted by Crippen LogP contribution is 2.39. The number of hydrogen-bond donors (Lipinski definition) is 2. The van der Waals surface area contributed by atoms with E-state index >= 15 is 0 Å². The van der Waals surface area contributed by atoms with Crippen LogP contribution in [0.1, 0.15) is 15.2 Å². The van der Waals surface area contributed by atoms with Crippen LogP contribution in [0.15, 0.2) is 42.5 Å². The zero-order chi connectivity index (χ0) is 20.1. The summed E-state index contributed by atoms with van der Waals surface area (Å²) in [5.74, 6) is 0.715. The molecule has 2 aromatic carbocycles. The molecule has 0 radical (unpaired) electrons. The van der Waals surface area contributed by atoms with Crippen molar-refractivity contribution in [2.45, 2.75) is 6.54 Å². The van der Waals surface area contributed by atoms with Crippen LogP contribution in [-0.4, -0.2) is 33.3 Å². The van der Waals surface area contributed by atoms with Crippen molar-refractivity contribution in [3.63, 3.8) is 0 Å². The van der Waals surface area contributed by atoms with Crippen molar-refractivity contribution in [2.24, 2.45) is 0 Å². The Balaban J connectivity index is 1.72. The third kappa shape index (κ3) is 4.17. The molecule has 3 aromatic rings. The molecule has 28 heavy (non-hydrogen) atoms. The summed E-state index contributed by atoms with van der Waals surface area (Å²) < 4.78 is 16.2. The van der Waals surface area contributed by atoms with E-state index in [-0.39, 0.29) is 6.03 Å². The summed E-state index contributed by atoms with van der Waals surface area (Å²) in [6.07, 6.45) is 0. The molecule has 0 aliphatic heterocycles. The monoisotopic (exact) mass is 400 g/mol. The van der Waals surface area contributed by atoms with Crippen LogP contribution in [0, 0.1) is 0 Å². The number of carbonyl (C=O) groups excluding carboxylic acids is 2. The number of amides is 2. The molecule has 0 fully saturated rings. The van der Waals surface area contributed by atoms with E-state index in [1.807, 2.05) is 30.3 Å². The molecule has 0 aliphatic carbocycles. The lowest BCUT2D eigenvalue weighted by molar-refractivity contribution is 0.0603. The number of urea groups is 1. The first-order valence-electron chi connectivity index (χ1n) is 8.42. The fraction of sp³-hybridized carbons (Fsp3) is 0.200. The van der Waals surface area contributed by atoms with Crippen molar-refractivity contribution >= 4 is 39.1 Å². The SMILES string of the molecule is COC(=O)c1sc2ccc(NC(=O)NCc3cccc(OC)c3)cc2c1OC. The molecule has 1 aromatic heterocycles. The highest BCUT2D eigenvalue weighted by molar-refractivity contribution is 7.21. The smallest absolute Gasteiger partial charge is 0.351 e. The van der Waals surface area contributed by atoms with E-state index < -0.39 is 5.97 Å². The van der Waals surface area contributed by atoms with Gasteiger partial charge in [0.25, 0.3) is 0 Å². The fourth-order valence-electron chi connectivity index (χ4n) is 2.72. The Morgan fingerprint density at radius 1 is 1.04 bits per heavy atom. The number of anilines is 1. The van der Waals surface area contributed by atoms with E-state index in [0.29, 0.717) is 22.9 Å². The molecule has 8 heteroatoms. The predicted molar refractivity (Wildman–Crippen MR) is 109 cm³/mol. The average molecular weight is 400 g/mol. The third-order valence-electron chi connectivity index (χ3n) is 4.06. The molecule has 0 bridgehead atoms. The van der Waals surface area contributed by atoms with Crippen molar-refractivity contribution in [1.82, 2.24) is 5.32 Å². The van der Waals surface area contributed by atoms with Gasteiger partial charge in [-0.25, -0.2) is 9.59 Å². The Labute approximate surface area is 166 Å². The second-order valence-corrected chi connectivity index (χ2v) is 6.88. The summed E-state index contributed by atoms with van der Waals surface area (Å²) in [6, 6.07) is 12.5. The van der Waals surface area contributed by atoms with Crippen molar-refractivity contribution in [3.05, 3.63) is 52.9 Å². The number of benzene rings is 2. The van der Waals surface area contributed by atoms with Gasteiger partial charge in [-0.2, -0.15) is 0 Å². The van der Waals surface area contributed by atoms with Gasteiger partial charge in [0.2, 0.25) is 0 Å². The van der Waals surface area contributed by atoms with E-state index in [9.17, 15) is 9.59 Å². The average Bonchev–Trinajstić information content (AvgIpc) is 3.09. The Morgan fingerprint density at radius 2 is 1.86 bits per heavy atom. The Morgan fingerprint density at radius 3 is 2.57 bits per heavy atom. The van der Waals surface area contributed by atoms with E-state index in [1.165, 1.54) is 25.6 Å². The van der Waals surface area contributed by atoms with Crippen LogP contribution in [0.25, 0.3) is 10.1 Å². The number of fused-ring (bicyclic) bond motifs is 1. The molecule has 0 unspecified atom stereocenters. The zero-order valence-electron chi connectivity index (χ0n) is 15.7. The van der Waals surface area contributed by atoms with Crippen LogP contribution in [0.5, 0.6) is 11.5 Å². The number of rotatable bonds is 6. The van der Waals surface area contributed by atoms with Crippen LogP contribution in [-0.2, 0) is 11.3 Å². The van der Waals surface area contributed by atoms with Crippen LogP contribution in [0.3, 0.4) is 0 Å². The minimum atomic E-state index is -0.455. The van der Waals surface area contributed by atoms with Gasteiger partial charge in [-0.15, -0.1) is 11.3 Å². The van der Waals surface area contributed by atoms with E-state index in [4.69, 9.17) is 14.2 Å². The van der Waals surface area contributed by atoms with Crippen molar-refractivity contribution in [3.8, 4) is 11.5 Å². The molecule has 0 saturated carbocycles. The minimum Gasteiger partial charge on any atom is -0.497 e. The highest BCUT2D eigenvalue weighted by atomic mass is 32.1. The van der Waals surface area contributed by atoms with E-state index in [2.05, 4.69) is 10.6 Å². The van der Waals surface area contributed by atoms with Gasteiger partial charge in [-0.1, -0.05) is 12.1 Å². The van der Waals surface area contributed by atoms with Crippen LogP contribution in [0.2, 0.25) is 0 Å². The maximum absolute atomic E-state index is 12.2. The topological polar surface area (TPSA) is 85.9 Å². The molecule has 7 nitrogen and oxygen atoms in total. The molecule has 0 atom stereocenters. The zero-order valence-corrected chi connectivity index (χ0v) is 16.5. The molecular weight excluding hydrogens is 380 g/mol. The largest absolute Gasteiger partial charge is 0.497 e. The van der Waals surface area contributed by atoms with Gasteiger partial charge >= 0.3 is 12.0 Å². The lowest BCUT2D eigenvalue weighted by Crippen LogP contribution is -2.28. The molecule has 3 rings (SSSR count). The lowest BCUT2D eigenvalue weighted by Gasteiger charge is -2.09. The minimum absolute atomic E-state index is 0.343. The molecule has 0 aliphatic rings. The van der Waals surface area contributed by atoms with Gasteiger partial charge in [0.05, 0.1) is 21.3 Å². The maximum atomic E-state index is 12.2. The Bertz CT molecular complexity index is 1010. The van der Waals surface area contributed by atoms with Gasteiger partial charge in [0.15, 0.2) is 10.6 Å². The van der Waals surface area contributed by atoms with Crippen LogP contribution < -0.4 is 20.1 Å². The van der Waals surface area contributed by atoms with Crippen LogP contribution in [0.4, 0.5) is 10.5 Å². The summed E-state index contributed by atoms with van der Waals surface area (Å²) in [4.78, 5) is 24.5. The molecular formula is C20H20N2O5S.